The molecule has 2 saturated carbocycles. The van der Waals surface area contributed by atoms with E-state index in [0.29, 0.717) is 148 Å². The van der Waals surface area contributed by atoms with Gasteiger partial charge in [-0.15, -0.1) is 0 Å². The van der Waals surface area contributed by atoms with Crippen LogP contribution in [0.4, 0.5) is 17.6 Å². The van der Waals surface area contributed by atoms with Crippen LogP contribution in [-0.2, 0) is 82.8 Å². The van der Waals surface area contributed by atoms with E-state index < -0.39 is 48.1 Å². The van der Waals surface area contributed by atoms with Crippen LogP contribution < -0.4 is 0 Å². The zero-order valence-corrected chi connectivity index (χ0v) is 85.0. The maximum absolute atomic E-state index is 15.2. The summed E-state index contributed by atoms with van der Waals surface area (Å²) < 4.78 is 83.6. The largest absolute Gasteiger partial charge is 0.308 e. The number of carbonyl (C=O) groups is 4. The van der Waals surface area contributed by atoms with Gasteiger partial charge in [-0.2, -0.15) is 0 Å². The van der Waals surface area contributed by atoms with Gasteiger partial charge >= 0.3 is 0 Å². The van der Waals surface area contributed by atoms with Gasteiger partial charge in [-0.25, -0.2) is 85.2 Å². The molecule has 0 bridgehead atoms. The van der Waals surface area contributed by atoms with E-state index in [0.717, 1.165) is 110 Å². The summed E-state index contributed by atoms with van der Waals surface area (Å²) in [6, 6.07) is 47.8. The van der Waals surface area contributed by atoms with Gasteiger partial charge in [-0.1, -0.05) is 160 Å². The Hall–Kier alpha value is -15.5. The van der Waals surface area contributed by atoms with E-state index in [1.54, 1.807) is 104 Å². The van der Waals surface area contributed by atoms with Crippen LogP contribution in [0.1, 0.15) is 207 Å². The lowest BCUT2D eigenvalue weighted by Gasteiger charge is -2.52. The Morgan fingerprint density at radius 3 is 1.15 bits per heavy atom. The summed E-state index contributed by atoms with van der Waals surface area (Å²) in [5.41, 5.74) is 13.6. The quantitative estimate of drug-likeness (QED) is 0.0681. The van der Waals surface area contributed by atoms with E-state index in [4.69, 9.17) is 66.2 Å². The fraction of sp³-hybridized carbons (Fsp3) is 0.339. The van der Waals surface area contributed by atoms with Crippen LogP contribution in [0.3, 0.4) is 0 Å². The number of allylic oxidation sites excluding steroid dienone is 8. The van der Waals surface area contributed by atoms with E-state index in [9.17, 15) is 27.6 Å². The summed E-state index contributed by atoms with van der Waals surface area (Å²) in [7, 11) is -3.12. The van der Waals surface area contributed by atoms with Gasteiger partial charge in [0.25, 0.3) is 0 Å². The highest BCUT2D eigenvalue weighted by molar-refractivity contribution is 7.90. The number of hydrogen-bond acceptors (Lipinski definition) is 18. The van der Waals surface area contributed by atoms with Crippen molar-refractivity contribution in [1.29, 1.82) is 0 Å². The molecule has 22 nitrogen and oxygen atoms in total. The second-order valence-electron chi connectivity index (χ2n) is 42.3. The first-order valence-electron chi connectivity index (χ1n) is 50.7. The first-order chi connectivity index (χ1) is 71.0. The maximum atomic E-state index is 15.2. The smallest absolute Gasteiger partial charge is 0.226 e. The molecule has 23 rings (SSSR count). The monoisotopic (exact) mass is 1990 g/mol. The number of benzene rings is 5. The summed E-state index contributed by atoms with van der Waals surface area (Å²) in [5, 5.41) is 0.904. The van der Waals surface area contributed by atoms with Gasteiger partial charge in [0.15, 0.2) is 46.4 Å². The fourth-order valence-corrected chi connectivity index (χ4v) is 25.4. The van der Waals surface area contributed by atoms with Gasteiger partial charge in [0, 0.05) is 183 Å². The minimum Gasteiger partial charge on any atom is -0.308 e. The molecule has 12 atom stereocenters. The molecule has 148 heavy (non-hydrogen) atoms. The lowest BCUT2D eigenvalue weighted by molar-refractivity contribution is -0.130. The number of carbonyl (C=O) groups excluding carboxylic acids is 4. The Morgan fingerprint density at radius 1 is 0.378 bits per heavy atom. The normalized spacial score (nSPS) is 24.7. The highest BCUT2D eigenvalue weighted by atomic mass is 32.2. The van der Waals surface area contributed by atoms with Crippen LogP contribution >= 0.6 is 0 Å². The Labute approximate surface area is 858 Å². The molecular formula is C121H108F4N16O6S. The number of ketones is 4. The number of Topliss-reactive ketones (excluding diaryl/α,β-unsaturated/α-hetero) is 4. The van der Waals surface area contributed by atoms with Gasteiger partial charge < -0.3 is 19.2 Å². The Kier molecular flexibility index (Phi) is 26.1. The number of pyridine rings is 4. The van der Waals surface area contributed by atoms with E-state index >= 15 is 17.6 Å². The first kappa shape index (κ1) is 99.9. The number of para-hydroxylation sites is 1. The standard InChI is InChI=1S/C32H27FN4O.C31H29FN4O.C29H27FN4O3S.C29H25FN4O/c1-5-31(2)26-15-14-22-27(21-11-6-8-12-23(21)33)36-30(20-16-17-35-24-13-9-7-10-19(20)24)37-28(22)32(26,3)18-25(34-4)29(31)38;1-5-30(2)25-13-12-21-26(20-8-6-7-9-22(20)32)35-29(19-14-15-34-23(16-19)18-10-11-18)36-27(21)31(25,3)17-24(33-4)28(30)37;1-17-22-12-11-21-25(20-7-5-6-8-23(20)30)33-28(18-9-10-19(32-16-18)13-14-38(4,36)37)34-27(21)29(22,2)15-24(31-3)26(17)35;1-16-21-12-11-20-25(19-6-4-5-7-22(19)30)33-28(18-10-13-23(32-15-18)17-8-9-17)34-27(20)29(21,2)14-24(31-3)26(16)35/h6-13,16-18,26H,5,14-15H2,1-3H3;6-9,14-18,25H,5,10-13H2,1-3H3;5-10,15-17,22H,11-14H2,1-2,4H3;4-7,10,13-17,21H,8-9,11-12H2,1-2H3/t26-,31-,32-;25-,30-,31-;17-,22-,29-;16-,21-,29-/m1111/s1. The van der Waals surface area contributed by atoms with Crippen LogP contribution in [-0.4, -0.2) is 103 Å². The summed E-state index contributed by atoms with van der Waals surface area (Å²) in [4.78, 5) is 125. The molecule has 8 aromatic heterocycles. The highest BCUT2D eigenvalue weighted by Crippen LogP contribution is 2.61. The predicted molar refractivity (Wildman–Crippen MR) is 558 cm³/mol. The molecule has 0 aliphatic heterocycles. The molecular weight excluding hydrogens is 1880 g/mol. The second-order valence-corrected chi connectivity index (χ2v) is 44.5. The van der Waals surface area contributed by atoms with E-state index in [1.807, 2.05) is 133 Å². The van der Waals surface area contributed by atoms with Crippen molar-refractivity contribution in [2.24, 2.45) is 46.3 Å². The van der Waals surface area contributed by atoms with Crippen molar-refractivity contribution in [2.75, 3.05) is 12.0 Å². The average molecular weight is 1990 g/mol. The predicted octanol–water partition coefficient (Wildman–Crippen LogP) is 24.8. The van der Waals surface area contributed by atoms with E-state index in [2.05, 4.69) is 60.1 Å². The number of aromatic nitrogens is 12. The number of halogens is 4. The molecule has 0 N–H and O–H groups in total. The third-order valence-corrected chi connectivity index (χ3v) is 34.3. The molecule has 742 valence electrons. The minimum absolute atomic E-state index is 0.00150. The third kappa shape index (κ3) is 17.5. The lowest BCUT2D eigenvalue weighted by Crippen LogP contribution is -2.52. The second kappa shape index (κ2) is 38.7. The van der Waals surface area contributed by atoms with Crippen molar-refractivity contribution in [3.63, 3.8) is 0 Å². The van der Waals surface area contributed by atoms with Gasteiger partial charge in [-0.3, -0.25) is 19.9 Å². The average Bonchev–Trinajstić information content (AvgIpc) is 1.55. The van der Waals surface area contributed by atoms with Crippen molar-refractivity contribution in [3.8, 4) is 90.6 Å². The fourth-order valence-electron chi connectivity index (χ4n) is 24.9. The van der Waals surface area contributed by atoms with Crippen molar-refractivity contribution < 1.29 is 45.2 Å². The van der Waals surface area contributed by atoms with Crippen molar-refractivity contribution >= 4 is 43.9 Å². The molecule has 10 aliphatic rings. The Morgan fingerprint density at radius 2 is 0.750 bits per heavy atom. The lowest BCUT2D eigenvalue weighted by atomic mass is 9.51. The molecule has 0 saturated heterocycles. The van der Waals surface area contributed by atoms with Crippen LogP contribution in [0, 0.1) is 95.9 Å². The number of fused-ring (bicyclic) bond motifs is 13. The van der Waals surface area contributed by atoms with Gasteiger partial charge in [0.05, 0.1) is 83.1 Å². The van der Waals surface area contributed by atoms with Crippen molar-refractivity contribution in [2.45, 2.75) is 199 Å². The molecule has 5 aromatic carbocycles. The molecule has 2 fully saturated rings. The van der Waals surface area contributed by atoms with E-state index in [1.165, 1.54) is 43.4 Å². The number of rotatable bonds is 15. The molecule has 8 heterocycles. The minimum atomic E-state index is -3.12. The molecule has 10 aliphatic carbocycles. The molecule has 0 radical (unpaired) electrons. The summed E-state index contributed by atoms with van der Waals surface area (Å²) in [5.74, 6) is 0.302. The molecule has 13 aromatic rings. The van der Waals surface area contributed by atoms with Crippen molar-refractivity contribution in [3.05, 3.63) is 367 Å². The van der Waals surface area contributed by atoms with Gasteiger partial charge in [0.2, 0.25) is 22.8 Å². The van der Waals surface area contributed by atoms with Crippen molar-refractivity contribution in [1.82, 2.24) is 59.8 Å². The number of nitrogens with zero attached hydrogens (tertiary/aromatic N) is 16. The van der Waals surface area contributed by atoms with E-state index in [-0.39, 0.29) is 105 Å². The van der Waals surface area contributed by atoms with Gasteiger partial charge in [-0.05, 0) is 211 Å². The highest BCUT2D eigenvalue weighted by Gasteiger charge is 2.60. The topological polar surface area (TPSA) is 275 Å². The van der Waals surface area contributed by atoms with Gasteiger partial charge in [0.1, 0.15) is 33.1 Å². The number of aryl methyl sites for hydroxylation is 1. The molecule has 0 unspecified atom stereocenters. The summed E-state index contributed by atoms with van der Waals surface area (Å²) >= 11 is 0. The van der Waals surface area contributed by atoms with Crippen LogP contribution in [0.5, 0.6) is 0 Å². The zero-order valence-electron chi connectivity index (χ0n) is 84.2. The first-order valence-corrected chi connectivity index (χ1v) is 52.7. The Balaban J connectivity index is 0.000000120. The number of hydrogen-bond donors (Lipinski definition) is 0. The zero-order chi connectivity index (χ0) is 104. The van der Waals surface area contributed by atoms with Crippen LogP contribution in [0.15, 0.2) is 236 Å². The van der Waals surface area contributed by atoms with Crippen LogP contribution in [0.2, 0.25) is 0 Å². The van der Waals surface area contributed by atoms with Crippen LogP contribution in [0.25, 0.3) is 121 Å². The number of sulfone groups is 1. The molecule has 0 amide bonds. The SMILES string of the molecule is [C-]#[N+]C1=C[C@@]2(C)c3nc(-c4ccc(C5CC5)nc4)nc(-c4ccccc4F)c3CC[C@@H]2[C@@H](C)C1=O.[C-]#[N+]C1=C[C@@]2(C)c3nc(-c4ccc(CCS(C)(=O)=O)nc4)nc(-c4ccccc4F)c3CC[C@@H]2[C@@H](C)C1=O.[C-]#[N+]C1=C[C@@]2(C)c3nc(-c4ccnc(C5CC5)c4)nc(-c4ccccc4F)c3CC[C@@H]2[C@@](C)(CC)C1=O.[C-]#[N+]C1=C[C@@]2(C)c3nc(-c4ccnc5ccccc45)nc(-c4ccccc4F)c3CC[C@@H]2[C@@](C)(CC)C1=O. The molecule has 27 heteroatoms. The Bertz CT molecular complexity index is 8170. The summed E-state index contributed by atoms with van der Waals surface area (Å²) in [6.45, 7) is 50.7. The maximum Gasteiger partial charge on any atom is 0.226 e. The summed E-state index contributed by atoms with van der Waals surface area (Å²) in [6.07, 6.45) is 26.9. The third-order valence-electron chi connectivity index (χ3n) is 33.4. The molecule has 0 spiro atoms.